The Morgan fingerprint density at radius 1 is 1.50 bits per heavy atom. The van der Waals surface area contributed by atoms with Crippen molar-refractivity contribution in [3.8, 4) is 0 Å². The monoisotopic (exact) mass is 209 g/mol. The second-order valence-electron chi connectivity index (χ2n) is 3.07. The minimum absolute atomic E-state index is 0.0142. The van der Waals surface area contributed by atoms with Gasteiger partial charge in [0.15, 0.2) is 0 Å². The van der Waals surface area contributed by atoms with E-state index in [2.05, 4.69) is 4.98 Å². The molecule has 0 amide bonds. The van der Waals surface area contributed by atoms with Crippen LogP contribution in [0.5, 0.6) is 0 Å². The highest BCUT2D eigenvalue weighted by Gasteiger charge is 2.07. The number of carboxylic acid groups (broad SMARTS) is 1. The highest BCUT2D eigenvalue weighted by atomic mass is 35.5. The maximum absolute atomic E-state index is 10.5. The fourth-order valence-corrected chi connectivity index (χ4v) is 1.63. The van der Waals surface area contributed by atoms with Crippen molar-refractivity contribution in [2.24, 2.45) is 0 Å². The number of aromatic nitrogens is 1. The second-order valence-corrected chi connectivity index (χ2v) is 3.51. The summed E-state index contributed by atoms with van der Waals surface area (Å²) >= 11 is 5.82. The van der Waals surface area contributed by atoms with E-state index in [0.717, 1.165) is 16.5 Å². The van der Waals surface area contributed by atoms with Gasteiger partial charge in [0.05, 0.1) is 6.42 Å². The molecule has 0 spiro atoms. The number of carboxylic acids is 1. The van der Waals surface area contributed by atoms with Gasteiger partial charge in [-0.3, -0.25) is 4.79 Å². The van der Waals surface area contributed by atoms with Crippen molar-refractivity contribution in [3.05, 3.63) is 35.0 Å². The fourth-order valence-electron chi connectivity index (χ4n) is 1.46. The largest absolute Gasteiger partial charge is 0.481 e. The van der Waals surface area contributed by atoms with Crippen LogP contribution in [0.4, 0.5) is 0 Å². The summed E-state index contributed by atoms with van der Waals surface area (Å²) in [5, 5.41) is 10.2. The molecule has 0 atom stereocenters. The van der Waals surface area contributed by atoms with Gasteiger partial charge in [-0.15, -0.1) is 0 Å². The number of aliphatic carboxylic acids is 1. The van der Waals surface area contributed by atoms with Crippen LogP contribution in [0.25, 0.3) is 10.9 Å². The lowest BCUT2D eigenvalue weighted by Crippen LogP contribution is -1.98. The number of carbonyl (C=O) groups is 1. The summed E-state index contributed by atoms with van der Waals surface area (Å²) in [4.78, 5) is 13.5. The topological polar surface area (TPSA) is 53.1 Å². The summed E-state index contributed by atoms with van der Waals surface area (Å²) in [6.45, 7) is 0. The third-order valence-electron chi connectivity index (χ3n) is 2.07. The van der Waals surface area contributed by atoms with E-state index in [1.165, 1.54) is 0 Å². The molecule has 0 saturated heterocycles. The third kappa shape index (κ3) is 1.59. The first-order valence-electron chi connectivity index (χ1n) is 4.14. The second kappa shape index (κ2) is 3.35. The molecule has 0 unspecified atom stereocenters. The molecule has 2 aromatic rings. The standard InChI is InChI=1S/C10H8ClNO2/c11-7-1-2-9-8(4-7)6(5-12-9)3-10(13)14/h1-2,4-5,12H,3H2,(H,13,14). The van der Waals surface area contributed by atoms with Crippen LogP contribution >= 0.6 is 11.6 Å². The van der Waals surface area contributed by atoms with E-state index in [1.54, 1.807) is 18.3 Å². The molecule has 72 valence electrons. The highest BCUT2D eigenvalue weighted by Crippen LogP contribution is 2.22. The Balaban J connectivity index is 2.55. The predicted octanol–water partition coefficient (Wildman–Crippen LogP) is 2.45. The quantitative estimate of drug-likeness (QED) is 0.798. The molecule has 2 rings (SSSR count). The van der Waals surface area contributed by atoms with Crippen LogP contribution in [0.1, 0.15) is 5.56 Å². The summed E-state index contributed by atoms with van der Waals surface area (Å²) in [5.41, 5.74) is 1.67. The molecular weight excluding hydrogens is 202 g/mol. The lowest BCUT2D eigenvalue weighted by Gasteiger charge is -1.95. The lowest BCUT2D eigenvalue weighted by molar-refractivity contribution is -0.136. The van der Waals surface area contributed by atoms with E-state index in [1.807, 2.05) is 6.07 Å². The molecule has 0 fully saturated rings. The summed E-state index contributed by atoms with van der Waals surface area (Å²) < 4.78 is 0. The Morgan fingerprint density at radius 3 is 3.00 bits per heavy atom. The molecule has 4 heteroatoms. The van der Waals surface area contributed by atoms with Crippen LogP contribution in [-0.2, 0) is 11.2 Å². The first-order valence-corrected chi connectivity index (χ1v) is 4.52. The molecule has 0 bridgehead atoms. The zero-order valence-electron chi connectivity index (χ0n) is 7.25. The molecule has 0 aliphatic carbocycles. The van der Waals surface area contributed by atoms with Crippen molar-refractivity contribution in [3.63, 3.8) is 0 Å². The van der Waals surface area contributed by atoms with Gasteiger partial charge in [-0.1, -0.05) is 11.6 Å². The van der Waals surface area contributed by atoms with Crippen molar-refractivity contribution in [2.45, 2.75) is 6.42 Å². The minimum atomic E-state index is -0.842. The number of aromatic amines is 1. The van der Waals surface area contributed by atoms with E-state index in [9.17, 15) is 4.79 Å². The van der Waals surface area contributed by atoms with Gasteiger partial charge in [0, 0.05) is 22.1 Å². The van der Waals surface area contributed by atoms with Crippen LogP contribution in [0.2, 0.25) is 5.02 Å². The first kappa shape index (κ1) is 9.09. The maximum Gasteiger partial charge on any atom is 0.307 e. The summed E-state index contributed by atoms with van der Waals surface area (Å²) in [5.74, 6) is -0.842. The van der Waals surface area contributed by atoms with Gasteiger partial charge in [-0.2, -0.15) is 0 Å². The molecule has 0 aliphatic rings. The normalized spacial score (nSPS) is 10.6. The first-order chi connectivity index (χ1) is 6.66. The van der Waals surface area contributed by atoms with Crippen molar-refractivity contribution < 1.29 is 9.90 Å². The average molecular weight is 210 g/mol. The zero-order valence-corrected chi connectivity index (χ0v) is 8.01. The Morgan fingerprint density at radius 2 is 2.29 bits per heavy atom. The van der Waals surface area contributed by atoms with Crippen molar-refractivity contribution in [2.75, 3.05) is 0 Å². The van der Waals surface area contributed by atoms with Crippen LogP contribution in [0.15, 0.2) is 24.4 Å². The molecular formula is C10H8ClNO2. The van der Waals surface area contributed by atoms with E-state index in [0.29, 0.717) is 5.02 Å². The van der Waals surface area contributed by atoms with E-state index >= 15 is 0 Å². The molecule has 1 aromatic heterocycles. The van der Waals surface area contributed by atoms with Crippen molar-refractivity contribution in [1.29, 1.82) is 0 Å². The highest BCUT2D eigenvalue weighted by molar-refractivity contribution is 6.31. The molecule has 0 radical (unpaired) electrons. The van der Waals surface area contributed by atoms with Crippen LogP contribution in [0, 0.1) is 0 Å². The molecule has 1 aromatic carbocycles. The number of halogens is 1. The smallest absolute Gasteiger partial charge is 0.307 e. The van der Waals surface area contributed by atoms with Gasteiger partial charge in [-0.05, 0) is 23.8 Å². The van der Waals surface area contributed by atoms with Crippen molar-refractivity contribution >= 4 is 28.5 Å². The zero-order chi connectivity index (χ0) is 10.1. The van der Waals surface area contributed by atoms with Gasteiger partial charge in [-0.25, -0.2) is 0 Å². The van der Waals surface area contributed by atoms with Crippen LogP contribution < -0.4 is 0 Å². The third-order valence-corrected chi connectivity index (χ3v) is 2.31. The van der Waals surface area contributed by atoms with Gasteiger partial charge < -0.3 is 10.1 Å². The van der Waals surface area contributed by atoms with E-state index in [4.69, 9.17) is 16.7 Å². The number of nitrogens with one attached hydrogen (secondary N) is 1. The summed E-state index contributed by atoms with van der Waals surface area (Å²) in [6.07, 6.45) is 1.72. The number of hydrogen-bond donors (Lipinski definition) is 2. The number of rotatable bonds is 2. The summed E-state index contributed by atoms with van der Waals surface area (Å²) in [7, 11) is 0. The molecule has 2 N–H and O–H groups in total. The molecule has 3 nitrogen and oxygen atoms in total. The summed E-state index contributed by atoms with van der Waals surface area (Å²) in [6, 6.07) is 5.37. The molecule has 14 heavy (non-hydrogen) atoms. The SMILES string of the molecule is O=C(O)Cc1c[nH]c2ccc(Cl)cc12. The van der Waals surface area contributed by atoms with E-state index in [-0.39, 0.29) is 6.42 Å². The van der Waals surface area contributed by atoms with Gasteiger partial charge in [0.1, 0.15) is 0 Å². The lowest BCUT2D eigenvalue weighted by atomic mass is 10.1. The predicted molar refractivity (Wildman–Crippen MR) is 54.6 cm³/mol. The Hall–Kier alpha value is -1.48. The van der Waals surface area contributed by atoms with Crippen LogP contribution in [-0.4, -0.2) is 16.1 Å². The number of hydrogen-bond acceptors (Lipinski definition) is 1. The maximum atomic E-state index is 10.5. The van der Waals surface area contributed by atoms with Crippen molar-refractivity contribution in [1.82, 2.24) is 4.98 Å². The van der Waals surface area contributed by atoms with E-state index < -0.39 is 5.97 Å². The van der Waals surface area contributed by atoms with Gasteiger partial charge in [0.2, 0.25) is 0 Å². The molecule has 1 heterocycles. The minimum Gasteiger partial charge on any atom is -0.481 e. The Kier molecular flexibility index (Phi) is 2.17. The van der Waals surface area contributed by atoms with Gasteiger partial charge >= 0.3 is 5.97 Å². The molecule has 0 saturated carbocycles. The molecule has 0 aliphatic heterocycles. The Labute approximate surface area is 85.3 Å². The number of H-pyrrole nitrogens is 1. The fraction of sp³-hybridized carbons (Fsp3) is 0.100. The Bertz CT molecular complexity index is 490. The number of benzene rings is 1. The number of fused-ring (bicyclic) bond motifs is 1. The average Bonchev–Trinajstić information content (AvgIpc) is 2.47. The van der Waals surface area contributed by atoms with Crippen LogP contribution in [0.3, 0.4) is 0 Å². The van der Waals surface area contributed by atoms with Gasteiger partial charge in [0.25, 0.3) is 0 Å².